The molecule has 0 radical (unpaired) electrons. The average molecular weight is 514 g/mol. The van der Waals surface area contributed by atoms with Gasteiger partial charge in [0.2, 0.25) is 11.8 Å². The molecule has 0 bridgehead atoms. The van der Waals surface area contributed by atoms with E-state index in [1.165, 1.54) is 34.7 Å². The summed E-state index contributed by atoms with van der Waals surface area (Å²) >= 11 is 0. The molecule has 8 nitrogen and oxygen atoms in total. The van der Waals surface area contributed by atoms with Crippen molar-refractivity contribution in [3.8, 4) is 0 Å². The molecule has 0 aliphatic heterocycles. The Morgan fingerprint density at radius 2 is 1.76 bits per heavy atom. The molecule has 4 aromatic rings. The number of nitrogens with one attached hydrogen (secondary N) is 1. The van der Waals surface area contributed by atoms with Gasteiger partial charge in [-0.3, -0.25) is 19.3 Å². The second-order valence-electron chi connectivity index (χ2n) is 9.52. The second-order valence-corrected chi connectivity index (χ2v) is 9.52. The van der Waals surface area contributed by atoms with Crippen LogP contribution in [0.4, 0.5) is 10.1 Å². The Morgan fingerprint density at radius 1 is 1.03 bits per heavy atom. The van der Waals surface area contributed by atoms with Crippen molar-refractivity contribution in [1.82, 2.24) is 20.3 Å². The summed E-state index contributed by atoms with van der Waals surface area (Å²) in [5.74, 6) is -1.78. The van der Waals surface area contributed by atoms with Gasteiger partial charge in [0.15, 0.2) is 5.78 Å². The summed E-state index contributed by atoms with van der Waals surface area (Å²) in [6.07, 6.45) is 3.65. The molecule has 0 spiro atoms. The molecule has 1 aromatic heterocycles. The van der Waals surface area contributed by atoms with Crippen molar-refractivity contribution in [2.75, 3.05) is 4.90 Å². The van der Waals surface area contributed by atoms with Crippen LogP contribution in [-0.4, -0.2) is 38.6 Å². The fourth-order valence-electron chi connectivity index (χ4n) is 4.99. The number of aromatic nitrogens is 3. The van der Waals surface area contributed by atoms with Gasteiger partial charge in [0, 0.05) is 22.9 Å². The van der Waals surface area contributed by atoms with Crippen LogP contribution in [0.2, 0.25) is 0 Å². The molecule has 1 heterocycles. The number of carbonyl (C=O) groups is 3. The van der Waals surface area contributed by atoms with Crippen LogP contribution in [0.15, 0.2) is 72.8 Å². The molecule has 1 aliphatic rings. The predicted molar refractivity (Wildman–Crippen MR) is 141 cm³/mol. The first kappa shape index (κ1) is 25.3. The van der Waals surface area contributed by atoms with E-state index in [1.54, 1.807) is 42.5 Å². The molecule has 194 valence electrons. The molecule has 1 atom stereocenters. The number of halogens is 1. The first-order chi connectivity index (χ1) is 18.4. The average Bonchev–Trinajstić information content (AvgIpc) is 3.58. The third-order valence-electron chi connectivity index (χ3n) is 6.91. The van der Waals surface area contributed by atoms with Gasteiger partial charge in [-0.1, -0.05) is 60.5 Å². The number of hydrogen-bond acceptors (Lipinski definition) is 5. The van der Waals surface area contributed by atoms with Crippen molar-refractivity contribution in [2.45, 2.75) is 51.2 Å². The lowest BCUT2D eigenvalue weighted by atomic mass is 10.0. The van der Waals surface area contributed by atoms with Crippen LogP contribution >= 0.6 is 0 Å². The van der Waals surface area contributed by atoms with E-state index in [-0.39, 0.29) is 23.9 Å². The van der Waals surface area contributed by atoms with E-state index in [9.17, 15) is 14.4 Å². The molecule has 1 aliphatic carbocycles. The smallest absolute Gasteiger partial charge is 0.249 e. The minimum atomic E-state index is -1.30. The van der Waals surface area contributed by atoms with Crippen LogP contribution < -0.4 is 10.2 Å². The molecule has 0 unspecified atom stereocenters. The molecule has 1 N–H and O–H groups in total. The summed E-state index contributed by atoms with van der Waals surface area (Å²) in [4.78, 5) is 41.3. The zero-order chi connectivity index (χ0) is 26.6. The summed E-state index contributed by atoms with van der Waals surface area (Å²) in [5, 5.41) is 11.3. The van der Waals surface area contributed by atoms with Crippen LogP contribution in [0, 0.1) is 5.82 Å². The summed E-state index contributed by atoms with van der Waals surface area (Å²) < 4.78 is 16.7. The maximum Gasteiger partial charge on any atom is 0.249 e. The van der Waals surface area contributed by atoms with Crippen molar-refractivity contribution in [3.05, 3.63) is 89.7 Å². The Bertz CT molecular complexity index is 1490. The van der Waals surface area contributed by atoms with Crippen LogP contribution in [0.5, 0.6) is 0 Å². The van der Waals surface area contributed by atoms with Gasteiger partial charge in [0.1, 0.15) is 23.9 Å². The Kier molecular flexibility index (Phi) is 7.26. The van der Waals surface area contributed by atoms with E-state index in [0.717, 1.165) is 25.7 Å². The molecule has 1 fully saturated rings. The number of ketones is 1. The van der Waals surface area contributed by atoms with Crippen molar-refractivity contribution >= 4 is 34.3 Å². The zero-order valence-corrected chi connectivity index (χ0v) is 21.0. The minimum Gasteiger partial charge on any atom is -0.351 e. The number of carbonyl (C=O) groups excluding carboxylic acids is 3. The van der Waals surface area contributed by atoms with Crippen LogP contribution in [0.3, 0.4) is 0 Å². The van der Waals surface area contributed by atoms with Gasteiger partial charge in [0.05, 0.1) is 5.52 Å². The highest BCUT2D eigenvalue weighted by atomic mass is 19.1. The van der Waals surface area contributed by atoms with Gasteiger partial charge in [-0.05, 0) is 50.1 Å². The maximum atomic E-state index is 15.2. The zero-order valence-electron chi connectivity index (χ0n) is 21.0. The lowest BCUT2D eigenvalue weighted by molar-refractivity contribution is -0.127. The number of para-hydroxylation sites is 1. The van der Waals surface area contributed by atoms with Gasteiger partial charge in [-0.25, -0.2) is 9.07 Å². The third kappa shape index (κ3) is 5.18. The molecule has 2 amide bonds. The van der Waals surface area contributed by atoms with Gasteiger partial charge in [0.25, 0.3) is 0 Å². The van der Waals surface area contributed by atoms with E-state index < -0.39 is 23.7 Å². The maximum absolute atomic E-state index is 15.2. The van der Waals surface area contributed by atoms with Crippen LogP contribution in [0.1, 0.15) is 54.6 Å². The van der Waals surface area contributed by atoms with Gasteiger partial charge in [-0.15, -0.1) is 5.10 Å². The monoisotopic (exact) mass is 513 g/mol. The van der Waals surface area contributed by atoms with E-state index >= 15 is 4.39 Å². The number of Topliss-reactive ketones (excluding diaryl/α,β-unsaturated/α-hetero) is 1. The Hall–Kier alpha value is -4.40. The Labute approximate surface area is 219 Å². The summed E-state index contributed by atoms with van der Waals surface area (Å²) in [5.41, 5.74) is 2.01. The first-order valence-electron chi connectivity index (χ1n) is 12.7. The lowest BCUT2D eigenvalue weighted by Gasteiger charge is -2.32. The van der Waals surface area contributed by atoms with E-state index in [0.29, 0.717) is 22.3 Å². The lowest BCUT2D eigenvalue weighted by Crippen LogP contribution is -2.47. The standard InChI is InChI=1S/C29H28FN5O3/c1-19(36)20-9-8-12-22(17-20)35(27(37)18-34-26-16-7-6-15-25(26)32-33-34)28(23-13-4-5-14-24(23)30)29(38)31-21-10-2-3-11-21/h4-9,12-17,21,28H,2-3,10-11,18H2,1H3,(H,31,38)/t28-/m0/s1. The summed E-state index contributed by atoms with van der Waals surface area (Å²) in [6.45, 7) is 1.18. The number of nitrogens with zero attached hydrogens (tertiary/aromatic N) is 4. The SMILES string of the molecule is CC(=O)c1cccc(N(C(=O)Cn2nnc3ccccc32)[C@H](C(=O)NC2CCCC2)c2ccccc2F)c1. The first-order valence-corrected chi connectivity index (χ1v) is 12.7. The van der Waals surface area contributed by atoms with Crippen molar-refractivity contribution in [1.29, 1.82) is 0 Å². The number of rotatable bonds is 8. The molecule has 0 saturated heterocycles. The van der Waals surface area contributed by atoms with Crippen molar-refractivity contribution in [3.63, 3.8) is 0 Å². The molecular formula is C29H28FN5O3. The fourth-order valence-corrected chi connectivity index (χ4v) is 4.99. The van der Waals surface area contributed by atoms with Crippen molar-refractivity contribution in [2.24, 2.45) is 0 Å². The Balaban J connectivity index is 1.61. The molecule has 3 aromatic carbocycles. The van der Waals surface area contributed by atoms with Gasteiger partial charge < -0.3 is 5.32 Å². The highest BCUT2D eigenvalue weighted by Gasteiger charge is 2.36. The highest BCUT2D eigenvalue weighted by molar-refractivity contribution is 6.03. The quantitative estimate of drug-likeness (QED) is 0.347. The number of anilines is 1. The normalized spacial score (nSPS) is 14.4. The second kappa shape index (κ2) is 10.9. The summed E-state index contributed by atoms with van der Waals surface area (Å²) in [7, 11) is 0. The number of amides is 2. The van der Waals surface area contributed by atoms with Gasteiger partial charge >= 0.3 is 0 Å². The molecular weight excluding hydrogens is 485 g/mol. The molecule has 1 saturated carbocycles. The van der Waals surface area contributed by atoms with E-state index in [2.05, 4.69) is 15.6 Å². The number of benzene rings is 3. The minimum absolute atomic E-state index is 0.0449. The molecule has 9 heteroatoms. The highest BCUT2D eigenvalue weighted by Crippen LogP contribution is 2.32. The van der Waals surface area contributed by atoms with Crippen molar-refractivity contribution < 1.29 is 18.8 Å². The summed E-state index contributed by atoms with van der Waals surface area (Å²) in [6, 6.07) is 18.3. The van der Waals surface area contributed by atoms with E-state index in [1.807, 2.05) is 12.1 Å². The van der Waals surface area contributed by atoms with Crippen LogP contribution in [-0.2, 0) is 16.1 Å². The fraction of sp³-hybridized carbons (Fsp3) is 0.276. The predicted octanol–water partition coefficient (Wildman–Crippen LogP) is 4.61. The topological polar surface area (TPSA) is 97.2 Å². The Morgan fingerprint density at radius 3 is 2.53 bits per heavy atom. The van der Waals surface area contributed by atoms with Gasteiger partial charge in [-0.2, -0.15) is 0 Å². The van der Waals surface area contributed by atoms with Crippen LogP contribution in [0.25, 0.3) is 11.0 Å². The molecule has 5 rings (SSSR count). The largest absolute Gasteiger partial charge is 0.351 e. The molecule has 38 heavy (non-hydrogen) atoms. The number of fused-ring (bicyclic) bond motifs is 1. The van der Waals surface area contributed by atoms with E-state index in [4.69, 9.17) is 0 Å². The third-order valence-corrected chi connectivity index (χ3v) is 6.91. The number of hydrogen-bond donors (Lipinski definition) is 1.